The van der Waals surface area contributed by atoms with Crippen LogP contribution in [0.4, 0.5) is 0 Å². The Kier molecular flexibility index (Phi) is 3.41. The predicted molar refractivity (Wildman–Crippen MR) is 68.7 cm³/mol. The second kappa shape index (κ2) is 5.00. The van der Waals surface area contributed by atoms with E-state index < -0.39 is 0 Å². The quantitative estimate of drug-likeness (QED) is 0.803. The Labute approximate surface area is 104 Å². The highest BCUT2D eigenvalue weighted by Gasteiger charge is 2.05. The number of pyridine rings is 1. The molecule has 0 saturated carbocycles. The molecular weight excluding hydrogens is 230 g/mol. The van der Waals surface area contributed by atoms with Crippen LogP contribution in [0.3, 0.4) is 0 Å². The third-order valence-corrected chi connectivity index (χ3v) is 2.75. The van der Waals surface area contributed by atoms with Crippen molar-refractivity contribution in [1.29, 1.82) is 0 Å². The van der Waals surface area contributed by atoms with Gasteiger partial charge in [-0.25, -0.2) is 4.79 Å². The van der Waals surface area contributed by atoms with Crippen molar-refractivity contribution < 1.29 is 0 Å². The molecule has 0 atom stereocenters. The molecule has 0 bridgehead atoms. The average Bonchev–Trinajstić information content (AvgIpc) is 2.35. The highest BCUT2D eigenvalue weighted by atomic mass is 16.2. The van der Waals surface area contributed by atoms with Crippen molar-refractivity contribution in [3.05, 3.63) is 62.7 Å². The van der Waals surface area contributed by atoms with Crippen molar-refractivity contribution in [2.45, 2.75) is 26.9 Å². The van der Waals surface area contributed by atoms with Crippen molar-refractivity contribution in [3.63, 3.8) is 0 Å². The van der Waals surface area contributed by atoms with Gasteiger partial charge >= 0.3 is 5.69 Å². The van der Waals surface area contributed by atoms with Crippen LogP contribution in [0.5, 0.6) is 0 Å². The van der Waals surface area contributed by atoms with E-state index in [1.54, 1.807) is 0 Å². The molecule has 0 aliphatic heterocycles. The van der Waals surface area contributed by atoms with Crippen molar-refractivity contribution in [2.75, 3.05) is 0 Å². The molecule has 5 heteroatoms. The standard InChI is InChI=1S/C13H15N3O2/c1-3-15-8-7-12(17)16(13(15)18)9-11-6-4-5-10(2)14-11/h4-8H,3,9H2,1-2H3. The Balaban J connectivity index is 2.46. The Morgan fingerprint density at radius 3 is 2.67 bits per heavy atom. The van der Waals surface area contributed by atoms with Gasteiger partial charge in [-0.05, 0) is 26.0 Å². The van der Waals surface area contributed by atoms with E-state index in [1.807, 2.05) is 32.0 Å². The van der Waals surface area contributed by atoms with Gasteiger partial charge in [0.05, 0.1) is 12.2 Å². The average molecular weight is 245 g/mol. The molecule has 18 heavy (non-hydrogen) atoms. The normalized spacial score (nSPS) is 10.6. The van der Waals surface area contributed by atoms with Gasteiger partial charge in [-0.15, -0.1) is 0 Å². The Morgan fingerprint density at radius 1 is 1.22 bits per heavy atom. The van der Waals surface area contributed by atoms with Crippen LogP contribution >= 0.6 is 0 Å². The summed E-state index contributed by atoms with van der Waals surface area (Å²) in [5, 5.41) is 0. The summed E-state index contributed by atoms with van der Waals surface area (Å²) in [5.41, 5.74) is 0.983. The highest BCUT2D eigenvalue weighted by Crippen LogP contribution is 1.98. The summed E-state index contributed by atoms with van der Waals surface area (Å²) < 4.78 is 2.70. The lowest BCUT2D eigenvalue weighted by molar-refractivity contribution is 0.594. The van der Waals surface area contributed by atoms with Gasteiger partial charge in [0.1, 0.15) is 0 Å². The molecule has 0 fully saturated rings. The summed E-state index contributed by atoms with van der Waals surface area (Å²) in [6.45, 7) is 4.49. The molecule has 0 aliphatic carbocycles. The van der Waals surface area contributed by atoms with E-state index in [-0.39, 0.29) is 17.8 Å². The highest BCUT2D eigenvalue weighted by molar-refractivity contribution is 5.10. The molecule has 2 heterocycles. The minimum atomic E-state index is -0.298. The smallest absolute Gasteiger partial charge is 0.301 e. The van der Waals surface area contributed by atoms with Crippen molar-refractivity contribution >= 4 is 0 Å². The maximum absolute atomic E-state index is 12.0. The zero-order valence-electron chi connectivity index (χ0n) is 10.5. The monoisotopic (exact) mass is 245 g/mol. The van der Waals surface area contributed by atoms with E-state index in [1.165, 1.54) is 21.4 Å². The van der Waals surface area contributed by atoms with Crippen molar-refractivity contribution in [3.8, 4) is 0 Å². The van der Waals surface area contributed by atoms with Crippen LogP contribution in [-0.4, -0.2) is 14.1 Å². The van der Waals surface area contributed by atoms with Crippen molar-refractivity contribution in [1.82, 2.24) is 14.1 Å². The molecule has 2 aromatic rings. The zero-order chi connectivity index (χ0) is 13.1. The van der Waals surface area contributed by atoms with Crippen LogP contribution in [0.15, 0.2) is 40.1 Å². The molecule has 0 aliphatic rings. The zero-order valence-corrected chi connectivity index (χ0v) is 10.5. The fourth-order valence-electron chi connectivity index (χ4n) is 1.79. The third kappa shape index (κ3) is 2.40. The molecule has 0 saturated heterocycles. The molecule has 5 nitrogen and oxygen atoms in total. The number of rotatable bonds is 3. The molecular formula is C13H15N3O2. The minimum Gasteiger partial charge on any atom is -0.301 e. The van der Waals surface area contributed by atoms with E-state index in [0.29, 0.717) is 12.2 Å². The van der Waals surface area contributed by atoms with E-state index in [9.17, 15) is 9.59 Å². The molecule has 94 valence electrons. The van der Waals surface area contributed by atoms with Gasteiger partial charge in [0, 0.05) is 24.5 Å². The first-order chi connectivity index (χ1) is 8.61. The first-order valence-electron chi connectivity index (χ1n) is 5.84. The van der Waals surface area contributed by atoms with Gasteiger partial charge in [-0.2, -0.15) is 0 Å². The summed E-state index contributed by atoms with van der Waals surface area (Å²) in [6.07, 6.45) is 1.52. The second-order valence-electron chi connectivity index (χ2n) is 4.08. The van der Waals surface area contributed by atoms with E-state index in [2.05, 4.69) is 4.98 Å². The molecule has 0 aromatic carbocycles. The van der Waals surface area contributed by atoms with Gasteiger partial charge in [0.2, 0.25) is 0 Å². The summed E-state index contributed by atoms with van der Waals surface area (Å²) in [6, 6.07) is 6.95. The number of nitrogens with zero attached hydrogens (tertiary/aromatic N) is 3. The predicted octanol–water partition coefficient (Wildman–Crippen LogP) is 0.782. The topological polar surface area (TPSA) is 56.9 Å². The third-order valence-electron chi connectivity index (χ3n) is 2.75. The van der Waals surface area contributed by atoms with Crippen LogP contribution in [0.1, 0.15) is 18.3 Å². The first kappa shape index (κ1) is 12.3. The Morgan fingerprint density at radius 2 is 2.00 bits per heavy atom. The van der Waals surface area contributed by atoms with Crippen LogP contribution in [0, 0.1) is 6.92 Å². The van der Waals surface area contributed by atoms with Gasteiger partial charge in [-0.1, -0.05) is 6.07 Å². The van der Waals surface area contributed by atoms with Gasteiger partial charge in [0.25, 0.3) is 5.56 Å². The number of hydrogen-bond acceptors (Lipinski definition) is 3. The van der Waals surface area contributed by atoms with Crippen molar-refractivity contribution in [2.24, 2.45) is 0 Å². The van der Waals surface area contributed by atoms with Crippen LogP contribution in [0.25, 0.3) is 0 Å². The van der Waals surface area contributed by atoms with Crippen LogP contribution in [-0.2, 0) is 13.1 Å². The lowest BCUT2D eigenvalue weighted by atomic mass is 10.3. The Hall–Kier alpha value is -2.17. The maximum atomic E-state index is 12.0. The van der Waals surface area contributed by atoms with Gasteiger partial charge in [-0.3, -0.25) is 14.3 Å². The molecule has 0 amide bonds. The number of aromatic nitrogens is 3. The molecule has 2 rings (SSSR count). The molecule has 0 N–H and O–H groups in total. The van der Waals surface area contributed by atoms with Gasteiger partial charge < -0.3 is 4.57 Å². The Bertz CT molecular complexity index is 670. The first-order valence-corrected chi connectivity index (χ1v) is 5.84. The second-order valence-corrected chi connectivity index (χ2v) is 4.08. The largest absolute Gasteiger partial charge is 0.331 e. The fourth-order valence-corrected chi connectivity index (χ4v) is 1.79. The molecule has 0 spiro atoms. The summed E-state index contributed by atoms with van der Waals surface area (Å²) in [7, 11) is 0. The molecule has 0 unspecified atom stereocenters. The van der Waals surface area contributed by atoms with Crippen LogP contribution < -0.4 is 11.2 Å². The summed E-state index contributed by atoms with van der Waals surface area (Å²) >= 11 is 0. The number of hydrogen-bond donors (Lipinski definition) is 0. The van der Waals surface area contributed by atoms with E-state index >= 15 is 0 Å². The van der Waals surface area contributed by atoms with E-state index in [4.69, 9.17) is 0 Å². The summed E-state index contributed by atoms with van der Waals surface area (Å²) in [4.78, 5) is 28.0. The minimum absolute atomic E-state index is 0.209. The van der Waals surface area contributed by atoms with E-state index in [0.717, 1.165) is 5.69 Å². The van der Waals surface area contributed by atoms with Crippen LogP contribution in [0.2, 0.25) is 0 Å². The fraction of sp³-hybridized carbons (Fsp3) is 0.308. The molecule has 0 radical (unpaired) electrons. The lowest BCUT2D eigenvalue weighted by Crippen LogP contribution is -2.39. The van der Waals surface area contributed by atoms with Gasteiger partial charge in [0.15, 0.2) is 0 Å². The number of aryl methyl sites for hydroxylation is 2. The lowest BCUT2D eigenvalue weighted by Gasteiger charge is -2.08. The molecule has 2 aromatic heterocycles. The summed E-state index contributed by atoms with van der Waals surface area (Å²) in [5.74, 6) is 0. The maximum Gasteiger partial charge on any atom is 0.331 e. The SMILES string of the molecule is CCn1ccc(=O)n(Cc2cccc(C)n2)c1=O.